The summed E-state index contributed by atoms with van der Waals surface area (Å²) in [6, 6.07) is 1.45. The lowest BCUT2D eigenvalue weighted by Gasteiger charge is -2.50. The summed E-state index contributed by atoms with van der Waals surface area (Å²) >= 11 is 0. The lowest BCUT2D eigenvalue weighted by atomic mass is 9.69. The van der Waals surface area contributed by atoms with Crippen LogP contribution in [0.4, 0.5) is 0 Å². The molecule has 4 rings (SSSR count). The Kier molecular flexibility index (Phi) is 7.17. The van der Waals surface area contributed by atoms with E-state index in [0.29, 0.717) is 36.7 Å². The highest BCUT2D eigenvalue weighted by molar-refractivity contribution is 5.78. The normalized spacial score (nSPS) is 24.1. The third kappa shape index (κ3) is 5.22. The maximum atomic E-state index is 13.2. The molecule has 0 aromatic carbocycles. The Morgan fingerprint density at radius 3 is 2.56 bits per heavy atom. The Labute approximate surface area is 201 Å². The number of carbonyl (C=O) groups is 1. The van der Waals surface area contributed by atoms with E-state index >= 15 is 0 Å². The van der Waals surface area contributed by atoms with E-state index in [0.717, 1.165) is 6.42 Å². The molecule has 2 aromatic heterocycles. The Bertz CT molecular complexity index is 1050. The Morgan fingerprint density at radius 2 is 1.91 bits per heavy atom. The predicted molar refractivity (Wildman–Crippen MR) is 130 cm³/mol. The molecule has 0 radical (unpaired) electrons. The highest BCUT2D eigenvalue weighted by Crippen LogP contribution is 2.40. The van der Waals surface area contributed by atoms with Crippen LogP contribution in [-0.2, 0) is 11.3 Å². The van der Waals surface area contributed by atoms with E-state index in [2.05, 4.69) is 21.9 Å². The third-order valence-corrected chi connectivity index (χ3v) is 7.95. The molecule has 2 fully saturated rings. The lowest BCUT2D eigenvalue weighted by Crippen LogP contribution is -2.61. The van der Waals surface area contributed by atoms with Crippen LogP contribution in [0.1, 0.15) is 65.7 Å². The largest absolute Gasteiger partial charge is 0.387 e. The van der Waals surface area contributed by atoms with Crippen molar-refractivity contribution in [3.05, 3.63) is 41.5 Å². The van der Waals surface area contributed by atoms with Crippen molar-refractivity contribution < 1.29 is 9.90 Å². The van der Waals surface area contributed by atoms with E-state index in [1.54, 1.807) is 12.4 Å². The molecule has 1 aliphatic carbocycles. The second kappa shape index (κ2) is 9.94. The van der Waals surface area contributed by atoms with Gasteiger partial charge in [0.2, 0.25) is 5.91 Å². The number of piperidine rings is 1. The van der Waals surface area contributed by atoms with Crippen LogP contribution in [-0.4, -0.2) is 54.1 Å². The molecule has 1 saturated heterocycles. The van der Waals surface area contributed by atoms with E-state index in [1.807, 2.05) is 18.7 Å². The first kappa shape index (κ1) is 24.5. The zero-order valence-corrected chi connectivity index (χ0v) is 20.6. The first-order valence-electron chi connectivity index (χ1n) is 12.5. The van der Waals surface area contributed by atoms with Crippen LogP contribution in [0.2, 0.25) is 0 Å². The van der Waals surface area contributed by atoms with Crippen LogP contribution in [0.15, 0.2) is 35.9 Å². The fraction of sp³-hybridized carbons (Fsp3) is 0.654. The lowest BCUT2D eigenvalue weighted by molar-refractivity contribution is -0.157. The summed E-state index contributed by atoms with van der Waals surface area (Å²) in [7, 11) is 0. The molecule has 8 heteroatoms. The number of likely N-dealkylation sites (tertiary alicyclic amines) is 1. The number of rotatable bonds is 6. The van der Waals surface area contributed by atoms with Gasteiger partial charge in [0.1, 0.15) is 6.33 Å². The van der Waals surface area contributed by atoms with Gasteiger partial charge in [-0.2, -0.15) is 0 Å². The van der Waals surface area contributed by atoms with E-state index in [9.17, 15) is 14.7 Å². The second-order valence-corrected chi connectivity index (χ2v) is 10.9. The number of hydrogen-bond acceptors (Lipinski definition) is 6. The van der Waals surface area contributed by atoms with E-state index < -0.39 is 11.0 Å². The van der Waals surface area contributed by atoms with E-state index in [1.165, 1.54) is 55.4 Å². The second-order valence-electron chi connectivity index (χ2n) is 10.9. The van der Waals surface area contributed by atoms with Gasteiger partial charge >= 0.3 is 0 Å². The van der Waals surface area contributed by atoms with Gasteiger partial charge in [0.15, 0.2) is 0 Å². The Morgan fingerprint density at radius 1 is 1.21 bits per heavy atom. The molecule has 1 amide bonds. The number of carbonyl (C=O) groups excluding carboxylic acids is 1. The van der Waals surface area contributed by atoms with Crippen molar-refractivity contribution in [3.8, 4) is 11.3 Å². The summed E-state index contributed by atoms with van der Waals surface area (Å²) in [5.41, 5.74) is -0.769. The van der Waals surface area contributed by atoms with Gasteiger partial charge in [0.25, 0.3) is 5.56 Å². The molecule has 0 spiro atoms. The zero-order valence-electron chi connectivity index (χ0n) is 20.6. The smallest absolute Gasteiger partial charge is 0.253 e. The number of nitrogens with zero attached hydrogens (tertiary/aromatic N) is 5. The van der Waals surface area contributed by atoms with Crippen LogP contribution in [0.5, 0.6) is 0 Å². The van der Waals surface area contributed by atoms with Crippen LogP contribution < -0.4 is 5.56 Å². The van der Waals surface area contributed by atoms with Crippen LogP contribution in [0, 0.1) is 17.3 Å². The van der Waals surface area contributed by atoms with Crippen molar-refractivity contribution in [2.24, 2.45) is 17.3 Å². The molecular formula is C26H37N5O3. The number of hydrogen-bond donors (Lipinski definition) is 1. The number of aromatic nitrogens is 4. The predicted octanol–water partition coefficient (Wildman–Crippen LogP) is 3.30. The molecule has 1 N–H and O–H groups in total. The van der Waals surface area contributed by atoms with Crippen molar-refractivity contribution in [1.82, 2.24) is 24.4 Å². The summed E-state index contributed by atoms with van der Waals surface area (Å²) in [5, 5.41) is 11.6. The minimum atomic E-state index is -1.13. The molecule has 0 bridgehead atoms. The average Bonchev–Trinajstić information content (AvgIpc) is 2.83. The van der Waals surface area contributed by atoms with Gasteiger partial charge in [-0.05, 0) is 18.8 Å². The summed E-state index contributed by atoms with van der Waals surface area (Å²) in [5.74, 6) is 0.854. The molecule has 184 valence electrons. The molecular weight excluding hydrogens is 430 g/mol. The maximum absolute atomic E-state index is 13.2. The highest BCUT2D eigenvalue weighted by Gasteiger charge is 2.49. The molecule has 1 aliphatic heterocycles. The first-order valence-corrected chi connectivity index (χ1v) is 12.5. The summed E-state index contributed by atoms with van der Waals surface area (Å²) in [6.07, 6.45) is 13.9. The Balaban J connectivity index is 1.42. The minimum Gasteiger partial charge on any atom is -0.387 e. The summed E-state index contributed by atoms with van der Waals surface area (Å²) in [6.45, 7) is 7.11. The van der Waals surface area contributed by atoms with Gasteiger partial charge in [-0.3, -0.25) is 14.2 Å². The SMILES string of the molecule is CC(CC1CCCCC1)C(=O)N1CCC(O)(Cn2cnc(-c3cncnc3)cc2=O)C(C)(C)C1. The zero-order chi connectivity index (χ0) is 24.3. The molecule has 2 aromatic rings. The fourth-order valence-electron chi connectivity index (χ4n) is 5.59. The topological polar surface area (TPSA) is 101 Å². The van der Waals surface area contributed by atoms with Gasteiger partial charge in [0.05, 0.1) is 24.2 Å². The monoisotopic (exact) mass is 467 g/mol. The fourth-order valence-corrected chi connectivity index (χ4v) is 5.59. The molecule has 2 unspecified atom stereocenters. The molecule has 34 heavy (non-hydrogen) atoms. The van der Waals surface area contributed by atoms with Gasteiger partial charge in [0, 0.05) is 48.4 Å². The van der Waals surface area contributed by atoms with Crippen molar-refractivity contribution in [1.29, 1.82) is 0 Å². The summed E-state index contributed by atoms with van der Waals surface area (Å²) in [4.78, 5) is 40.3. The van der Waals surface area contributed by atoms with Crippen LogP contribution in [0.3, 0.4) is 0 Å². The van der Waals surface area contributed by atoms with E-state index in [4.69, 9.17) is 0 Å². The van der Waals surface area contributed by atoms with Crippen LogP contribution >= 0.6 is 0 Å². The number of amides is 1. The quantitative estimate of drug-likeness (QED) is 0.700. The van der Waals surface area contributed by atoms with Crippen molar-refractivity contribution in [3.63, 3.8) is 0 Å². The van der Waals surface area contributed by atoms with Gasteiger partial charge in [-0.25, -0.2) is 15.0 Å². The average molecular weight is 468 g/mol. The molecule has 1 saturated carbocycles. The molecule has 2 aliphatic rings. The van der Waals surface area contributed by atoms with Crippen LogP contribution in [0.25, 0.3) is 11.3 Å². The molecule has 2 atom stereocenters. The Hall–Kier alpha value is -2.61. The van der Waals surface area contributed by atoms with Gasteiger partial charge in [-0.15, -0.1) is 0 Å². The molecule has 3 heterocycles. The third-order valence-electron chi connectivity index (χ3n) is 7.95. The highest BCUT2D eigenvalue weighted by atomic mass is 16.3. The van der Waals surface area contributed by atoms with Crippen molar-refractivity contribution in [2.45, 2.75) is 77.9 Å². The maximum Gasteiger partial charge on any atom is 0.253 e. The standard InChI is InChI=1S/C26H37N5O3/c1-19(11-20-7-5-4-6-8-20)24(33)30-10-9-26(34,25(2,3)15-30)16-31-18-29-22(12-23(31)32)21-13-27-17-28-14-21/h12-14,17-20,34H,4-11,15-16H2,1-3H3. The summed E-state index contributed by atoms with van der Waals surface area (Å²) < 4.78 is 1.46. The van der Waals surface area contributed by atoms with Crippen molar-refractivity contribution >= 4 is 5.91 Å². The number of aliphatic hydroxyl groups is 1. The van der Waals surface area contributed by atoms with E-state index in [-0.39, 0.29) is 23.9 Å². The molecule has 8 nitrogen and oxygen atoms in total. The van der Waals surface area contributed by atoms with Crippen molar-refractivity contribution in [2.75, 3.05) is 13.1 Å². The first-order chi connectivity index (χ1) is 16.2. The minimum absolute atomic E-state index is 0.00595. The van der Waals surface area contributed by atoms with Gasteiger partial charge < -0.3 is 10.0 Å². The van der Waals surface area contributed by atoms with Gasteiger partial charge in [-0.1, -0.05) is 52.9 Å².